The highest BCUT2D eigenvalue weighted by Gasteiger charge is 2.33. The molecule has 7 nitrogen and oxygen atoms in total. The Kier molecular flexibility index (Phi) is 4.46. The summed E-state index contributed by atoms with van der Waals surface area (Å²) in [5, 5.41) is 0. The van der Waals surface area contributed by atoms with Crippen molar-refractivity contribution in [3.63, 3.8) is 0 Å². The van der Waals surface area contributed by atoms with Gasteiger partial charge in [0.1, 0.15) is 5.41 Å². The molecule has 106 valence electrons. The van der Waals surface area contributed by atoms with Gasteiger partial charge >= 0.3 is 5.97 Å². The number of sulfonamides is 1. The second kappa shape index (κ2) is 5.52. The molecule has 0 saturated carbocycles. The molecule has 0 unspecified atom stereocenters. The molecular formula is C11H17N3O4S. The van der Waals surface area contributed by atoms with Crippen molar-refractivity contribution in [3.05, 3.63) is 18.0 Å². The maximum atomic E-state index is 11.7. The smallest absolute Gasteiger partial charge is 0.317 e. The van der Waals surface area contributed by atoms with Gasteiger partial charge in [-0.25, -0.2) is 18.4 Å². The lowest BCUT2D eigenvalue weighted by atomic mass is 9.89. The third-order valence-corrected chi connectivity index (χ3v) is 3.87. The largest absolute Gasteiger partial charge is 0.468 e. The molecule has 1 rings (SSSR count). The first-order valence-electron chi connectivity index (χ1n) is 5.65. The molecule has 0 aliphatic rings. The molecule has 1 aromatic heterocycles. The molecule has 0 bridgehead atoms. The average molecular weight is 287 g/mol. The van der Waals surface area contributed by atoms with E-state index in [-0.39, 0.29) is 11.7 Å². The molecule has 0 spiro atoms. The number of methoxy groups -OCH3 is 1. The second-order valence-electron chi connectivity index (χ2n) is 4.39. The van der Waals surface area contributed by atoms with Gasteiger partial charge in [-0.15, -0.1) is 0 Å². The van der Waals surface area contributed by atoms with Gasteiger partial charge in [-0.1, -0.05) is 0 Å². The maximum Gasteiger partial charge on any atom is 0.317 e. The molecule has 0 atom stereocenters. The lowest BCUT2D eigenvalue weighted by Gasteiger charge is -2.20. The van der Waals surface area contributed by atoms with Gasteiger partial charge in [0.2, 0.25) is 16.0 Å². The minimum atomic E-state index is -3.45. The van der Waals surface area contributed by atoms with Gasteiger partial charge in [0.15, 0.2) is 0 Å². The monoisotopic (exact) mass is 287 g/mol. The predicted octanol–water partition coefficient (Wildman–Crippen LogP) is 0.689. The Balaban J connectivity index is 3.11. The van der Waals surface area contributed by atoms with Gasteiger partial charge in [0.25, 0.3) is 0 Å². The highest BCUT2D eigenvalue weighted by atomic mass is 32.2. The Labute approximate surface area is 112 Å². The lowest BCUT2D eigenvalue weighted by Crippen LogP contribution is -2.31. The minimum Gasteiger partial charge on any atom is -0.468 e. The summed E-state index contributed by atoms with van der Waals surface area (Å²) in [6, 6.07) is 1.54. The first-order chi connectivity index (χ1) is 8.73. The molecule has 0 aliphatic heterocycles. The van der Waals surface area contributed by atoms with Crippen LogP contribution in [0.25, 0.3) is 0 Å². The average Bonchev–Trinajstić information content (AvgIpc) is 2.37. The van der Waals surface area contributed by atoms with E-state index in [4.69, 9.17) is 4.74 Å². The fraction of sp³-hybridized carbons (Fsp3) is 0.545. The van der Waals surface area contributed by atoms with Crippen LogP contribution < -0.4 is 4.72 Å². The van der Waals surface area contributed by atoms with Crippen molar-refractivity contribution in [2.75, 3.05) is 17.6 Å². The van der Waals surface area contributed by atoms with Crippen LogP contribution in [-0.2, 0) is 25.0 Å². The van der Waals surface area contributed by atoms with Crippen LogP contribution in [0.1, 0.15) is 26.5 Å². The second-order valence-corrected chi connectivity index (χ2v) is 6.40. The molecule has 0 saturated heterocycles. The molecule has 19 heavy (non-hydrogen) atoms. The molecule has 0 radical (unpaired) electrons. The third kappa shape index (κ3) is 3.63. The fourth-order valence-electron chi connectivity index (χ4n) is 1.33. The zero-order valence-electron chi connectivity index (χ0n) is 11.3. The van der Waals surface area contributed by atoms with E-state index in [1.165, 1.54) is 20.2 Å². The van der Waals surface area contributed by atoms with E-state index < -0.39 is 21.4 Å². The predicted molar refractivity (Wildman–Crippen MR) is 70.2 cm³/mol. The summed E-state index contributed by atoms with van der Waals surface area (Å²) in [5.41, 5.74) is -0.604. The summed E-state index contributed by atoms with van der Waals surface area (Å²) in [5.74, 6) is -0.604. The molecule has 0 aromatic carbocycles. The zero-order chi connectivity index (χ0) is 14.7. The van der Waals surface area contributed by atoms with Gasteiger partial charge in [-0.2, -0.15) is 0 Å². The molecule has 0 aliphatic carbocycles. The van der Waals surface area contributed by atoms with Crippen molar-refractivity contribution >= 4 is 21.9 Å². The van der Waals surface area contributed by atoms with E-state index in [2.05, 4.69) is 14.7 Å². The Bertz CT molecular complexity index is 569. The van der Waals surface area contributed by atoms with Crippen molar-refractivity contribution in [3.8, 4) is 0 Å². The van der Waals surface area contributed by atoms with E-state index in [0.29, 0.717) is 5.69 Å². The van der Waals surface area contributed by atoms with E-state index in [1.807, 2.05) is 0 Å². The summed E-state index contributed by atoms with van der Waals surface area (Å²) in [4.78, 5) is 19.5. The number of aromatic nitrogens is 2. The van der Waals surface area contributed by atoms with E-state index in [9.17, 15) is 13.2 Å². The van der Waals surface area contributed by atoms with Crippen LogP contribution in [-0.4, -0.2) is 37.2 Å². The van der Waals surface area contributed by atoms with Crippen LogP contribution in [0.15, 0.2) is 12.3 Å². The number of hydrogen-bond acceptors (Lipinski definition) is 6. The summed E-state index contributed by atoms with van der Waals surface area (Å²) < 4.78 is 29.8. The van der Waals surface area contributed by atoms with Crippen molar-refractivity contribution < 1.29 is 17.9 Å². The first kappa shape index (κ1) is 15.4. The minimum absolute atomic E-state index is 0.0590. The van der Waals surface area contributed by atoms with E-state index >= 15 is 0 Å². The molecule has 1 aromatic rings. The Hall–Kier alpha value is -1.70. The summed E-state index contributed by atoms with van der Waals surface area (Å²) in [7, 11) is -2.17. The van der Waals surface area contributed by atoms with Gasteiger partial charge in [-0.05, 0) is 26.8 Å². The van der Waals surface area contributed by atoms with Crippen LogP contribution in [0.3, 0.4) is 0 Å². The lowest BCUT2D eigenvalue weighted by molar-refractivity contribution is -0.146. The molecule has 0 fully saturated rings. The van der Waals surface area contributed by atoms with Gasteiger partial charge in [-0.3, -0.25) is 9.52 Å². The molecule has 1 heterocycles. The summed E-state index contributed by atoms with van der Waals surface area (Å²) in [6.07, 6.45) is 1.39. The number of hydrogen-bond donors (Lipinski definition) is 1. The van der Waals surface area contributed by atoms with Crippen LogP contribution in [0.5, 0.6) is 0 Å². The van der Waals surface area contributed by atoms with Crippen molar-refractivity contribution in [1.82, 2.24) is 9.97 Å². The number of carbonyl (C=O) groups is 1. The number of ether oxygens (including phenoxy) is 1. The van der Waals surface area contributed by atoms with E-state index in [1.54, 1.807) is 19.9 Å². The fourth-order valence-corrected chi connectivity index (χ4v) is 1.85. The normalized spacial score (nSPS) is 12.0. The molecular weight excluding hydrogens is 270 g/mol. The number of nitrogens with one attached hydrogen (secondary N) is 1. The third-order valence-electron chi connectivity index (χ3n) is 2.62. The van der Waals surface area contributed by atoms with Gasteiger partial charge in [0, 0.05) is 6.20 Å². The van der Waals surface area contributed by atoms with Crippen LogP contribution in [0, 0.1) is 0 Å². The van der Waals surface area contributed by atoms with Crippen LogP contribution in [0.4, 0.5) is 5.95 Å². The van der Waals surface area contributed by atoms with Crippen molar-refractivity contribution in [2.24, 2.45) is 0 Å². The summed E-state index contributed by atoms with van der Waals surface area (Å²) >= 11 is 0. The number of carbonyl (C=O) groups excluding carboxylic acids is 1. The SMILES string of the molecule is CCS(=O)(=O)Nc1nccc(C(C)(C)C(=O)OC)n1. The number of nitrogens with zero attached hydrogens (tertiary/aromatic N) is 2. The number of esters is 1. The Morgan fingerprint density at radius 1 is 1.47 bits per heavy atom. The zero-order valence-corrected chi connectivity index (χ0v) is 12.1. The van der Waals surface area contributed by atoms with E-state index in [0.717, 1.165) is 0 Å². The topological polar surface area (TPSA) is 98.2 Å². The number of anilines is 1. The molecule has 0 amide bonds. The molecule has 8 heteroatoms. The van der Waals surface area contributed by atoms with Crippen LogP contribution in [0.2, 0.25) is 0 Å². The Morgan fingerprint density at radius 2 is 2.11 bits per heavy atom. The quantitative estimate of drug-likeness (QED) is 0.800. The first-order valence-corrected chi connectivity index (χ1v) is 7.30. The van der Waals surface area contributed by atoms with Crippen molar-refractivity contribution in [2.45, 2.75) is 26.2 Å². The highest BCUT2D eigenvalue weighted by Crippen LogP contribution is 2.23. The van der Waals surface area contributed by atoms with Crippen molar-refractivity contribution in [1.29, 1.82) is 0 Å². The Morgan fingerprint density at radius 3 is 2.63 bits per heavy atom. The standard InChI is InChI=1S/C11H17N3O4S/c1-5-19(16,17)14-10-12-7-6-8(13-10)11(2,3)9(15)18-4/h6-7H,5H2,1-4H3,(H,12,13,14). The van der Waals surface area contributed by atoms with Gasteiger partial charge in [0.05, 0.1) is 18.6 Å². The summed E-state index contributed by atoms with van der Waals surface area (Å²) in [6.45, 7) is 4.78. The number of rotatable bonds is 5. The highest BCUT2D eigenvalue weighted by molar-refractivity contribution is 7.92. The maximum absolute atomic E-state index is 11.7. The van der Waals surface area contributed by atoms with Gasteiger partial charge < -0.3 is 4.74 Å². The molecule has 1 N–H and O–H groups in total. The van der Waals surface area contributed by atoms with Crippen LogP contribution >= 0.6 is 0 Å².